The third-order valence-corrected chi connectivity index (χ3v) is 14.2. The number of rotatable bonds is 10. The normalized spacial score (nSPS) is 27.9. The molecule has 6 aliphatic rings. The van der Waals surface area contributed by atoms with E-state index in [1.54, 1.807) is 18.4 Å². The Hall–Kier alpha value is -3.46. The van der Waals surface area contributed by atoms with Crippen molar-refractivity contribution in [3.05, 3.63) is 58.9 Å². The highest BCUT2D eigenvalue weighted by Crippen LogP contribution is 2.58. The highest BCUT2D eigenvalue weighted by atomic mass is 32.1. The van der Waals surface area contributed by atoms with Gasteiger partial charge in [-0.05, 0) is 142 Å². The number of amides is 2. The molecular weight excluding hydrogens is 645 g/mol. The first kappa shape index (κ1) is 33.7. The van der Waals surface area contributed by atoms with Gasteiger partial charge >= 0.3 is 6.09 Å². The van der Waals surface area contributed by atoms with Crippen molar-refractivity contribution >= 4 is 29.2 Å². The van der Waals surface area contributed by atoms with Gasteiger partial charge in [0.2, 0.25) is 5.91 Å². The Labute approximate surface area is 301 Å². The van der Waals surface area contributed by atoms with Crippen molar-refractivity contribution < 1.29 is 19.1 Å². The molecule has 0 spiro atoms. The van der Waals surface area contributed by atoms with Crippen molar-refractivity contribution in [3.8, 4) is 16.2 Å². The van der Waals surface area contributed by atoms with Gasteiger partial charge in [-0.1, -0.05) is 19.1 Å². The lowest BCUT2D eigenvalue weighted by Crippen LogP contribution is -2.52. The van der Waals surface area contributed by atoms with Crippen LogP contribution >= 0.6 is 11.3 Å². The van der Waals surface area contributed by atoms with Gasteiger partial charge in [0, 0.05) is 43.9 Å². The molecule has 1 saturated heterocycles. The van der Waals surface area contributed by atoms with Crippen LogP contribution in [-0.2, 0) is 14.9 Å². The molecule has 9 rings (SSSR count). The van der Waals surface area contributed by atoms with Crippen molar-refractivity contribution in [2.24, 2.45) is 17.3 Å². The highest BCUT2D eigenvalue weighted by molar-refractivity contribution is 7.15. The Bertz CT molecular complexity index is 1700. The number of nitrogens with zero attached hydrogens (tertiary/aromatic N) is 4. The molecule has 0 unspecified atom stereocenters. The van der Waals surface area contributed by atoms with Crippen LogP contribution in [0.3, 0.4) is 0 Å². The van der Waals surface area contributed by atoms with E-state index in [-0.39, 0.29) is 34.9 Å². The third kappa shape index (κ3) is 6.55. The van der Waals surface area contributed by atoms with E-state index in [0.29, 0.717) is 18.4 Å². The molecule has 2 bridgehead atoms. The Morgan fingerprint density at radius 1 is 0.960 bits per heavy atom. The Kier molecular flexibility index (Phi) is 9.15. The second-order valence-electron chi connectivity index (χ2n) is 16.2. The number of hydrogen-bond acceptors (Lipinski definition) is 7. The summed E-state index contributed by atoms with van der Waals surface area (Å²) in [6, 6.07) is 10.9. The molecule has 9 heteroatoms. The number of aryl methyl sites for hydroxylation is 1. The van der Waals surface area contributed by atoms with Crippen LogP contribution in [-0.4, -0.2) is 59.7 Å². The molecule has 0 atom stereocenters. The number of hydrogen-bond donors (Lipinski definition) is 0. The molecule has 6 fully saturated rings. The highest BCUT2D eigenvalue weighted by Gasteiger charge is 2.51. The van der Waals surface area contributed by atoms with E-state index in [4.69, 9.17) is 19.4 Å². The maximum Gasteiger partial charge on any atom is 0.410 e. The SMILES string of the molecule is CCC1CN(C(=O)OC2CCC(C(=O)N(CC34CCC(c5ccc(OC)c(C)c5)(CC3)CC4)c3cc(-c4cnc(C5CC5)s4)ccn3)CC2)C1. The summed E-state index contributed by atoms with van der Waals surface area (Å²) in [6.45, 7) is 6.62. The molecule has 1 aliphatic heterocycles. The van der Waals surface area contributed by atoms with Crippen LogP contribution in [0.4, 0.5) is 10.6 Å². The molecular formula is C41H52N4O4S. The average Bonchev–Trinajstić information content (AvgIpc) is 3.86. The summed E-state index contributed by atoms with van der Waals surface area (Å²) in [7, 11) is 1.74. The zero-order chi connectivity index (χ0) is 34.5. The summed E-state index contributed by atoms with van der Waals surface area (Å²) in [5, 5.41) is 1.22. The fourth-order valence-corrected chi connectivity index (χ4v) is 10.3. The fourth-order valence-electron chi connectivity index (χ4n) is 9.25. The summed E-state index contributed by atoms with van der Waals surface area (Å²) in [5.74, 6) is 3.00. The summed E-state index contributed by atoms with van der Waals surface area (Å²) in [4.78, 5) is 42.0. The topological polar surface area (TPSA) is 84.9 Å². The average molecular weight is 697 g/mol. The van der Waals surface area contributed by atoms with Crippen molar-refractivity contribution in [3.63, 3.8) is 0 Å². The molecule has 266 valence electrons. The lowest BCUT2D eigenvalue weighted by atomic mass is 9.51. The minimum atomic E-state index is -0.186. The zero-order valence-corrected chi connectivity index (χ0v) is 30.8. The zero-order valence-electron chi connectivity index (χ0n) is 30.0. The van der Waals surface area contributed by atoms with Crippen LogP contribution in [0.2, 0.25) is 0 Å². The fraction of sp³-hybridized carbons (Fsp3) is 0.610. The number of fused-ring (bicyclic) bond motifs is 3. The number of methoxy groups -OCH3 is 1. The van der Waals surface area contributed by atoms with Crippen molar-refractivity contribution in [2.75, 3.05) is 31.6 Å². The van der Waals surface area contributed by atoms with Gasteiger partial charge in [-0.25, -0.2) is 14.8 Å². The molecule has 5 aliphatic carbocycles. The van der Waals surface area contributed by atoms with Gasteiger partial charge in [-0.15, -0.1) is 11.3 Å². The summed E-state index contributed by atoms with van der Waals surface area (Å²) in [6.07, 6.45) is 16.8. The molecule has 50 heavy (non-hydrogen) atoms. The molecule has 0 radical (unpaired) electrons. The maximum absolute atomic E-state index is 14.7. The standard InChI is InChI=1S/C41H52N4O4S/c1-4-28-24-44(25-28)39(47)49-33-10-7-30(8-11-33)38(46)45(36-22-31(13-20-42-36)35-23-43-37(50-35)29-5-6-29)26-40-14-17-41(18-15-40,19-16-40)32-9-12-34(48-3)27(2)21-32/h9,12-13,20-23,28-30,33H,4-8,10-11,14-19,24-26H2,1-3H3. The first-order valence-corrected chi connectivity index (χ1v) is 19.9. The number of aromatic nitrogens is 2. The van der Waals surface area contributed by atoms with Gasteiger partial charge < -0.3 is 14.4 Å². The minimum Gasteiger partial charge on any atom is -0.496 e. The lowest BCUT2D eigenvalue weighted by Gasteiger charge is -2.55. The van der Waals surface area contributed by atoms with Gasteiger partial charge in [0.1, 0.15) is 17.7 Å². The summed E-state index contributed by atoms with van der Waals surface area (Å²) >= 11 is 1.78. The lowest BCUT2D eigenvalue weighted by molar-refractivity contribution is -0.124. The van der Waals surface area contributed by atoms with Gasteiger partial charge in [0.25, 0.3) is 0 Å². The van der Waals surface area contributed by atoms with E-state index in [2.05, 4.69) is 49.1 Å². The molecule has 0 N–H and O–H groups in total. The number of carbonyl (C=O) groups is 2. The second kappa shape index (κ2) is 13.6. The van der Waals surface area contributed by atoms with E-state index in [0.717, 1.165) is 106 Å². The number of ether oxygens (including phenoxy) is 2. The predicted octanol–water partition coefficient (Wildman–Crippen LogP) is 9.06. The van der Waals surface area contributed by atoms with E-state index in [9.17, 15) is 9.59 Å². The molecule has 2 amide bonds. The first-order valence-electron chi connectivity index (χ1n) is 19.1. The number of likely N-dealkylation sites (tertiary alicyclic amines) is 1. The van der Waals surface area contributed by atoms with Gasteiger partial charge in [-0.2, -0.15) is 0 Å². The molecule has 3 heterocycles. The molecule has 2 aromatic heterocycles. The van der Waals surface area contributed by atoms with E-state index < -0.39 is 0 Å². The second-order valence-corrected chi connectivity index (χ2v) is 17.2. The van der Waals surface area contributed by atoms with Crippen LogP contribution in [0.5, 0.6) is 5.75 Å². The molecule has 8 nitrogen and oxygen atoms in total. The van der Waals surface area contributed by atoms with Gasteiger partial charge in [0.05, 0.1) is 17.0 Å². The number of anilines is 1. The van der Waals surface area contributed by atoms with Crippen LogP contribution in [0.25, 0.3) is 10.4 Å². The predicted molar refractivity (Wildman–Crippen MR) is 197 cm³/mol. The van der Waals surface area contributed by atoms with Crippen LogP contribution < -0.4 is 9.64 Å². The Morgan fingerprint density at radius 2 is 1.70 bits per heavy atom. The number of benzene rings is 1. The van der Waals surface area contributed by atoms with Crippen molar-refractivity contribution in [1.29, 1.82) is 0 Å². The van der Waals surface area contributed by atoms with Gasteiger partial charge in [0.15, 0.2) is 0 Å². The third-order valence-electron chi connectivity index (χ3n) is 13.0. The van der Waals surface area contributed by atoms with Crippen LogP contribution in [0.1, 0.15) is 112 Å². The van der Waals surface area contributed by atoms with E-state index in [1.165, 1.54) is 29.0 Å². The molecule has 1 aromatic carbocycles. The van der Waals surface area contributed by atoms with Crippen LogP contribution in [0, 0.1) is 24.2 Å². The number of thiazole rings is 1. The Morgan fingerprint density at radius 3 is 2.36 bits per heavy atom. The maximum atomic E-state index is 14.7. The largest absolute Gasteiger partial charge is 0.496 e. The quantitative estimate of drug-likeness (QED) is 0.210. The smallest absolute Gasteiger partial charge is 0.410 e. The first-order chi connectivity index (χ1) is 24.3. The number of pyridine rings is 1. The van der Waals surface area contributed by atoms with Crippen LogP contribution in [0.15, 0.2) is 42.7 Å². The summed E-state index contributed by atoms with van der Waals surface area (Å²) < 4.78 is 11.5. The monoisotopic (exact) mass is 696 g/mol. The van der Waals surface area contributed by atoms with Crippen molar-refractivity contribution in [2.45, 2.75) is 115 Å². The molecule has 5 saturated carbocycles. The van der Waals surface area contributed by atoms with E-state index >= 15 is 0 Å². The number of carbonyl (C=O) groups excluding carboxylic acids is 2. The van der Waals surface area contributed by atoms with Gasteiger partial charge in [-0.3, -0.25) is 9.69 Å². The molecule has 3 aromatic rings. The van der Waals surface area contributed by atoms with Crippen molar-refractivity contribution in [1.82, 2.24) is 14.9 Å². The van der Waals surface area contributed by atoms with E-state index in [1.807, 2.05) is 17.3 Å². The Balaban J connectivity index is 0.994. The summed E-state index contributed by atoms with van der Waals surface area (Å²) in [5.41, 5.74) is 4.02. The minimum absolute atomic E-state index is 0.0839.